The molecule has 1 amide bonds. The summed E-state index contributed by atoms with van der Waals surface area (Å²) in [6.45, 7) is 2.03. The van der Waals surface area contributed by atoms with E-state index >= 15 is 0 Å². The number of carbonyl (C=O) groups excluding carboxylic acids is 1. The van der Waals surface area contributed by atoms with Crippen LogP contribution in [0.4, 0.5) is 5.69 Å². The van der Waals surface area contributed by atoms with Gasteiger partial charge in [0.05, 0.1) is 16.4 Å². The van der Waals surface area contributed by atoms with Gasteiger partial charge in [0, 0.05) is 16.6 Å². The molecule has 7 heteroatoms. The lowest BCUT2D eigenvalue weighted by molar-refractivity contribution is -0.116. The van der Waals surface area contributed by atoms with E-state index in [0.717, 1.165) is 16.7 Å². The molecule has 1 saturated carbocycles. The standard InChI is InChI=1S/C18H16Cl2N4O/c1-10-17-13(11-2-3-11)6-7-21-18(17)24(23-10)9-16(25)22-15-5-4-12(19)8-14(15)20/h4-8,11H,2-3,9H2,1H3,(H,22,25). The molecule has 0 saturated heterocycles. The number of hydrogen-bond acceptors (Lipinski definition) is 3. The Balaban J connectivity index is 1.60. The lowest BCUT2D eigenvalue weighted by Crippen LogP contribution is -2.20. The van der Waals surface area contributed by atoms with E-state index in [4.69, 9.17) is 23.2 Å². The maximum atomic E-state index is 12.4. The summed E-state index contributed by atoms with van der Waals surface area (Å²) < 4.78 is 1.65. The average Bonchev–Trinajstić information content (AvgIpc) is 3.36. The number of carbonyl (C=O) groups is 1. The first-order valence-corrected chi connectivity index (χ1v) is 8.85. The van der Waals surface area contributed by atoms with Crippen LogP contribution in [-0.4, -0.2) is 20.7 Å². The quantitative estimate of drug-likeness (QED) is 0.727. The first-order valence-electron chi connectivity index (χ1n) is 8.10. The minimum atomic E-state index is -0.216. The minimum absolute atomic E-state index is 0.0738. The Labute approximate surface area is 154 Å². The van der Waals surface area contributed by atoms with E-state index in [1.54, 1.807) is 29.1 Å². The molecule has 0 unspecified atom stereocenters. The van der Waals surface area contributed by atoms with E-state index in [0.29, 0.717) is 21.7 Å². The van der Waals surface area contributed by atoms with Crippen LogP contribution >= 0.6 is 23.2 Å². The third-order valence-corrected chi connectivity index (χ3v) is 4.90. The predicted molar refractivity (Wildman–Crippen MR) is 99.3 cm³/mol. The van der Waals surface area contributed by atoms with Crippen LogP contribution in [0, 0.1) is 6.92 Å². The smallest absolute Gasteiger partial charge is 0.246 e. The molecule has 0 atom stereocenters. The lowest BCUT2D eigenvalue weighted by Gasteiger charge is -2.08. The number of nitrogens with one attached hydrogen (secondary N) is 1. The van der Waals surface area contributed by atoms with E-state index < -0.39 is 0 Å². The molecule has 5 nitrogen and oxygen atoms in total. The van der Waals surface area contributed by atoms with Crippen LogP contribution in [0.3, 0.4) is 0 Å². The highest BCUT2D eigenvalue weighted by Crippen LogP contribution is 2.43. The van der Waals surface area contributed by atoms with Crippen molar-refractivity contribution < 1.29 is 4.79 Å². The summed E-state index contributed by atoms with van der Waals surface area (Å²) in [5.41, 5.74) is 3.47. The molecule has 3 aromatic rings. The molecule has 2 heterocycles. The maximum absolute atomic E-state index is 12.4. The molecule has 25 heavy (non-hydrogen) atoms. The van der Waals surface area contributed by atoms with Gasteiger partial charge in [-0.2, -0.15) is 5.10 Å². The number of aromatic nitrogens is 3. The molecule has 1 aliphatic rings. The highest BCUT2D eigenvalue weighted by Gasteiger charge is 2.27. The monoisotopic (exact) mass is 374 g/mol. The second kappa shape index (κ2) is 6.32. The number of amides is 1. The number of halogens is 2. The third kappa shape index (κ3) is 3.22. The molecule has 4 rings (SSSR count). The van der Waals surface area contributed by atoms with Gasteiger partial charge in [0.2, 0.25) is 5.91 Å². The van der Waals surface area contributed by atoms with Gasteiger partial charge in [-0.05, 0) is 55.5 Å². The van der Waals surface area contributed by atoms with Gasteiger partial charge in [0.1, 0.15) is 6.54 Å². The molecule has 1 aliphatic carbocycles. The van der Waals surface area contributed by atoms with E-state index in [1.807, 2.05) is 6.92 Å². The number of rotatable bonds is 4. The third-order valence-electron chi connectivity index (χ3n) is 4.36. The molecular weight excluding hydrogens is 359 g/mol. The van der Waals surface area contributed by atoms with Crippen molar-refractivity contribution in [1.82, 2.24) is 14.8 Å². The maximum Gasteiger partial charge on any atom is 0.246 e. The van der Waals surface area contributed by atoms with Gasteiger partial charge in [0.15, 0.2) is 5.65 Å². The Morgan fingerprint density at radius 3 is 2.84 bits per heavy atom. The van der Waals surface area contributed by atoms with E-state index in [2.05, 4.69) is 21.5 Å². The molecule has 0 aliphatic heterocycles. The second-order valence-electron chi connectivity index (χ2n) is 6.29. The zero-order valence-electron chi connectivity index (χ0n) is 13.6. The number of hydrogen-bond donors (Lipinski definition) is 1. The van der Waals surface area contributed by atoms with Gasteiger partial charge in [0.25, 0.3) is 0 Å². The molecule has 0 spiro atoms. The normalized spacial score (nSPS) is 14.0. The molecule has 0 bridgehead atoms. The van der Waals surface area contributed by atoms with Crippen molar-refractivity contribution in [3.8, 4) is 0 Å². The van der Waals surface area contributed by atoms with Crippen molar-refractivity contribution in [2.24, 2.45) is 0 Å². The predicted octanol–water partition coefficient (Wildman–Crippen LogP) is 4.56. The number of pyridine rings is 1. The van der Waals surface area contributed by atoms with Crippen LogP contribution in [0.1, 0.15) is 30.0 Å². The summed E-state index contributed by atoms with van der Waals surface area (Å²) in [5.74, 6) is 0.385. The van der Waals surface area contributed by atoms with Crippen LogP contribution in [-0.2, 0) is 11.3 Å². The van der Waals surface area contributed by atoms with Crippen molar-refractivity contribution in [3.05, 3.63) is 51.8 Å². The molecule has 1 N–H and O–H groups in total. The Morgan fingerprint density at radius 2 is 2.12 bits per heavy atom. The van der Waals surface area contributed by atoms with Crippen molar-refractivity contribution in [2.45, 2.75) is 32.2 Å². The summed E-state index contributed by atoms with van der Waals surface area (Å²) >= 11 is 12.0. The molecule has 0 radical (unpaired) electrons. The molecule has 1 aromatic carbocycles. The summed E-state index contributed by atoms with van der Waals surface area (Å²) in [6, 6.07) is 7.01. The number of anilines is 1. The first kappa shape index (κ1) is 16.4. The van der Waals surface area contributed by atoms with Crippen LogP contribution in [0.25, 0.3) is 11.0 Å². The van der Waals surface area contributed by atoms with Crippen molar-refractivity contribution >= 4 is 45.8 Å². The Hall–Kier alpha value is -2.11. The van der Waals surface area contributed by atoms with Crippen LogP contribution in [0.2, 0.25) is 10.0 Å². The van der Waals surface area contributed by atoms with E-state index in [-0.39, 0.29) is 12.5 Å². The number of nitrogens with zero attached hydrogens (tertiary/aromatic N) is 3. The van der Waals surface area contributed by atoms with Gasteiger partial charge >= 0.3 is 0 Å². The highest BCUT2D eigenvalue weighted by atomic mass is 35.5. The van der Waals surface area contributed by atoms with E-state index in [1.165, 1.54) is 18.4 Å². The fourth-order valence-corrected chi connectivity index (χ4v) is 3.53. The number of benzene rings is 1. The van der Waals surface area contributed by atoms with Gasteiger partial charge in [-0.15, -0.1) is 0 Å². The molecule has 128 valence electrons. The summed E-state index contributed by atoms with van der Waals surface area (Å²) in [7, 11) is 0. The number of aryl methyl sites for hydroxylation is 1. The van der Waals surface area contributed by atoms with Crippen molar-refractivity contribution in [2.75, 3.05) is 5.32 Å². The van der Waals surface area contributed by atoms with E-state index in [9.17, 15) is 4.79 Å². The fourth-order valence-electron chi connectivity index (χ4n) is 3.07. The second-order valence-corrected chi connectivity index (χ2v) is 7.13. The lowest BCUT2D eigenvalue weighted by atomic mass is 10.1. The molecule has 2 aromatic heterocycles. The Morgan fingerprint density at radius 1 is 1.32 bits per heavy atom. The summed E-state index contributed by atoms with van der Waals surface area (Å²) in [6.07, 6.45) is 4.21. The topological polar surface area (TPSA) is 59.8 Å². The Bertz CT molecular complexity index is 979. The number of fused-ring (bicyclic) bond motifs is 1. The highest BCUT2D eigenvalue weighted by molar-refractivity contribution is 6.36. The van der Waals surface area contributed by atoms with Crippen molar-refractivity contribution in [3.63, 3.8) is 0 Å². The zero-order chi connectivity index (χ0) is 17.6. The van der Waals surface area contributed by atoms with Gasteiger partial charge in [-0.25, -0.2) is 9.67 Å². The van der Waals surface area contributed by atoms with Gasteiger partial charge in [-0.1, -0.05) is 23.2 Å². The summed E-state index contributed by atoms with van der Waals surface area (Å²) in [4.78, 5) is 16.9. The van der Waals surface area contributed by atoms with Crippen LogP contribution in [0.5, 0.6) is 0 Å². The van der Waals surface area contributed by atoms with Gasteiger partial charge in [-0.3, -0.25) is 4.79 Å². The summed E-state index contributed by atoms with van der Waals surface area (Å²) in [5, 5.41) is 9.30. The largest absolute Gasteiger partial charge is 0.323 e. The fraction of sp³-hybridized carbons (Fsp3) is 0.278. The zero-order valence-corrected chi connectivity index (χ0v) is 15.1. The van der Waals surface area contributed by atoms with Crippen LogP contribution in [0.15, 0.2) is 30.5 Å². The minimum Gasteiger partial charge on any atom is -0.323 e. The van der Waals surface area contributed by atoms with Crippen LogP contribution < -0.4 is 5.32 Å². The Kier molecular flexibility index (Phi) is 4.13. The SMILES string of the molecule is Cc1nn(CC(=O)Nc2ccc(Cl)cc2Cl)c2nccc(C3CC3)c12. The first-order chi connectivity index (χ1) is 12.0. The molecule has 1 fully saturated rings. The van der Waals surface area contributed by atoms with Gasteiger partial charge < -0.3 is 5.32 Å². The molecular formula is C18H16Cl2N4O. The van der Waals surface area contributed by atoms with Crippen molar-refractivity contribution in [1.29, 1.82) is 0 Å². The average molecular weight is 375 g/mol.